The predicted molar refractivity (Wildman–Crippen MR) is 89.2 cm³/mol. The van der Waals surface area contributed by atoms with E-state index in [2.05, 4.69) is 4.74 Å². The van der Waals surface area contributed by atoms with Crippen LogP contribution in [0.2, 0.25) is 0 Å². The summed E-state index contributed by atoms with van der Waals surface area (Å²) >= 11 is 22.9. The Morgan fingerprint density at radius 3 is 2.15 bits per heavy atom. The molecule has 0 saturated heterocycles. The third-order valence-electron chi connectivity index (χ3n) is 3.47. The molecular weight excluding hydrogens is 449 g/mol. The molecule has 0 aliphatic carbocycles. The molecule has 0 radical (unpaired) electrons. The normalized spacial score (nSPS) is 14.9. The molecule has 2 nitrogen and oxygen atoms in total. The summed E-state index contributed by atoms with van der Waals surface area (Å²) in [6.07, 6.45) is -3.47. The van der Waals surface area contributed by atoms with Crippen LogP contribution in [-0.4, -0.2) is 15.1 Å². The third-order valence-corrected chi connectivity index (χ3v) is 4.68. The first-order chi connectivity index (χ1) is 11.7. The fourth-order valence-electron chi connectivity index (χ4n) is 1.94. The van der Waals surface area contributed by atoms with Gasteiger partial charge in [0, 0.05) is 11.8 Å². The molecule has 0 aromatic heterocycles. The van der Waals surface area contributed by atoms with Gasteiger partial charge in [0.1, 0.15) is 0 Å². The number of benzene rings is 1. The highest BCUT2D eigenvalue weighted by Crippen LogP contribution is 2.41. The van der Waals surface area contributed by atoms with Crippen LogP contribution in [0.1, 0.15) is 38.6 Å². The maximum Gasteiger partial charge on any atom is 0.309 e. The number of hydrogen-bond acceptors (Lipinski definition) is 2. The lowest BCUT2D eigenvalue weighted by Crippen LogP contribution is -2.31. The molecular formula is C15H13Cl4F5O2. The number of carbonyl (C=O) groups excluding carboxylic acids is 1. The molecule has 1 aromatic carbocycles. The zero-order chi connectivity index (χ0) is 20.4. The highest BCUT2D eigenvalue weighted by Gasteiger charge is 2.37. The lowest BCUT2D eigenvalue weighted by molar-refractivity contribution is -0.161. The molecule has 26 heavy (non-hydrogen) atoms. The molecule has 0 saturated carbocycles. The first-order valence-electron chi connectivity index (χ1n) is 7.03. The van der Waals surface area contributed by atoms with E-state index in [0.29, 0.717) is 0 Å². The number of esters is 1. The van der Waals surface area contributed by atoms with Crippen molar-refractivity contribution in [3.63, 3.8) is 0 Å². The van der Waals surface area contributed by atoms with Gasteiger partial charge in [-0.25, -0.2) is 17.6 Å². The van der Waals surface area contributed by atoms with Crippen LogP contribution in [0.4, 0.5) is 22.0 Å². The standard InChI is InChI=1S/C15H13Cl4F5O2/c1-14(2,8(16)4-15(17,18)19)5-9(25)26-13(24)6-3-7(20)11(22)12(23)10(6)21/h3,8,13H,4-5H2,1-2H3. The summed E-state index contributed by atoms with van der Waals surface area (Å²) in [7, 11) is 0. The van der Waals surface area contributed by atoms with E-state index in [1.165, 1.54) is 13.8 Å². The van der Waals surface area contributed by atoms with Crippen molar-refractivity contribution >= 4 is 52.4 Å². The Kier molecular flexibility index (Phi) is 7.85. The number of rotatable bonds is 6. The number of hydrogen-bond donors (Lipinski definition) is 0. The van der Waals surface area contributed by atoms with Gasteiger partial charge in [-0.3, -0.25) is 4.79 Å². The van der Waals surface area contributed by atoms with E-state index in [0.717, 1.165) is 0 Å². The molecule has 0 aliphatic rings. The van der Waals surface area contributed by atoms with E-state index in [-0.39, 0.29) is 12.5 Å². The van der Waals surface area contributed by atoms with Crippen molar-refractivity contribution in [3.8, 4) is 0 Å². The largest absolute Gasteiger partial charge is 0.427 e. The maximum absolute atomic E-state index is 14.0. The van der Waals surface area contributed by atoms with Gasteiger partial charge in [0.05, 0.1) is 12.0 Å². The number of halogens is 9. The van der Waals surface area contributed by atoms with Gasteiger partial charge in [0.15, 0.2) is 27.1 Å². The first kappa shape index (κ1) is 23.5. The summed E-state index contributed by atoms with van der Waals surface area (Å²) in [6, 6.07) is 0.0596. The van der Waals surface area contributed by atoms with Gasteiger partial charge in [-0.15, -0.1) is 11.6 Å². The van der Waals surface area contributed by atoms with Crippen molar-refractivity contribution in [2.24, 2.45) is 5.41 Å². The van der Waals surface area contributed by atoms with Gasteiger partial charge >= 0.3 is 5.97 Å². The first-order valence-corrected chi connectivity index (χ1v) is 8.60. The van der Waals surface area contributed by atoms with Crippen LogP contribution >= 0.6 is 46.4 Å². The van der Waals surface area contributed by atoms with Crippen LogP contribution in [0.5, 0.6) is 0 Å². The molecule has 0 fully saturated rings. The molecule has 2 atom stereocenters. The highest BCUT2D eigenvalue weighted by atomic mass is 35.6. The summed E-state index contributed by atoms with van der Waals surface area (Å²) in [5.41, 5.74) is -2.32. The third kappa shape index (κ3) is 6.29. The van der Waals surface area contributed by atoms with Crippen molar-refractivity contribution in [2.75, 3.05) is 0 Å². The smallest absolute Gasteiger partial charge is 0.309 e. The number of alkyl halides is 5. The van der Waals surface area contributed by atoms with E-state index in [9.17, 15) is 26.7 Å². The lowest BCUT2D eigenvalue weighted by atomic mass is 9.84. The second-order valence-corrected chi connectivity index (χ2v) is 9.19. The molecule has 0 aliphatic heterocycles. The molecule has 0 bridgehead atoms. The van der Waals surface area contributed by atoms with Gasteiger partial charge in [0.25, 0.3) is 6.36 Å². The second kappa shape index (κ2) is 8.67. The van der Waals surface area contributed by atoms with Crippen molar-refractivity contribution in [3.05, 3.63) is 34.9 Å². The quantitative estimate of drug-likeness (QED) is 0.158. The predicted octanol–water partition coefficient (Wildman–Crippen LogP) is 6.54. The zero-order valence-corrected chi connectivity index (χ0v) is 16.4. The van der Waals surface area contributed by atoms with Crippen LogP contribution in [0.25, 0.3) is 0 Å². The maximum atomic E-state index is 14.0. The Balaban J connectivity index is 2.85. The molecule has 0 N–H and O–H groups in total. The van der Waals surface area contributed by atoms with Crippen LogP contribution in [0.3, 0.4) is 0 Å². The molecule has 1 rings (SSSR count). The topological polar surface area (TPSA) is 26.3 Å². The van der Waals surface area contributed by atoms with Gasteiger partial charge in [-0.05, 0) is 11.5 Å². The van der Waals surface area contributed by atoms with Gasteiger partial charge in [0.2, 0.25) is 0 Å². The van der Waals surface area contributed by atoms with E-state index < -0.39 is 62.2 Å². The highest BCUT2D eigenvalue weighted by molar-refractivity contribution is 6.67. The number of carbonyl (C=O) groups is 1. The Morgan fingerprint density at radius 1 is 1.12 bits per heavy atom. The molecule has 1 aromatic rings. The van der Waals surface area contributed by atoms with Gasteiger partial charge < -0.3 is 4.74 Å². The molecule has 2 unspecified atom stereocenters. The molecule has 148 valence electrons. The van der Waals surface area contributed by atoms with Crippen LogP contribution in [-0.2, 0) is 9.53 Å². The van der Waals surface area contributed by atoms with Gasteiger partial charge in [-0.1, -0.05) is 48.7 Å². The van der Waals surface area contributed by atoms with Crippen molar-refractivity contribution in [1.82, 2.24) is 0 Å². The molecule has 0 heterocycles. The van der Waals surface area contributed by atoms with Crippen LogP contribution in [0.15, 0.2) is 6.07 Å². The zero-order valence-electron chi connectivity index (χ0n) is 13.4. The SMILES string of the molecule is CC(C)(CC(=O)OC(F)c1cc(F)c(F)c(F)c1F)C(Cl)CC(Cl)(Cl)Cl. The molecule has 0 spiro atoms. The fraction of sp³-hybridized carbons (Fsp3) is 0.533. The Hall–Kier alpha value is -0.500. The fourth-order valence-corrected chi connectivity index (χ4v) is 2.95. The van der Waals surface area contributed by atoms with E-state index in [1.54, 1.807) is 0 Å². The average molecular weight is 462 g/mol. The van der Waals surface area contributed by atoms with Crippen molar-refractivity contribution < 1.29 is 31.5 Å². The summed E-state index contributed by atoms with van der Waals surface area (Å²) in [5, 5.41) is -0.835. The molecule has 0 amide bonds. The van der Waals surface area contributed by atoms with E-state index in [4.69, 9.17) is 46.4 Å². The lowest BCUT2D eigenvalue weighted by Gasteiger charge is -2.31. The van der Waals surface area contributed by atoms with E-state index in [1.807, 2.05) is 0 Å². The average Bonchev–Trinajstić information content (AvgIpc) is 2.46. The minimum absolute atomic E-state index is 0.0596. The van der Waals surface area contributed by atoms with E-state index >= 15 is 0 Å². The number of ether oxygens (including phenoxy) is 1. The van der Waals surface area contributed by atoms with Crippen LogP contribution in [0, 0.1) is 28.7 Å². The summed E-state index contributed by atoms with van der Waals surface area (Å²) in [4.78, 5) is 11.9. The second-order valence-electron chi connectivity index (χ2n) is 6.15. The minimum atomic E-state index is -2.86. The summed E-state index contributed by atoms with van der Waals surface area (Å²) in [6.45, 7) is 3.01. The molecule has 11 heteroatoms. The minimum Gasteiger partial charge on any atom is -0.427 e. The van der Waals surface area contributed by atoms with Crippen LogP contribution < -0.4 is 0 Å². The Morgan fingerprint density at radius 2 is 1.65 bits per heavy atom. The van der Waals surface area contributed by atoms with Crippen molar-refractivity contribution in [1.29, 1.82) is 0 Å². The van der Waals surface area contributed by atoms with Gasteiger partial charge in [-0.2, -0.15) is 4.39 Å². The van der Waals surface area contributed by atoms with Crippen molar-refractivity contribution in [2.45, 2.75) is 42.2 Å². The summed E-state index contributed by atoms with van der Waals surface area (Å²) < 4.78 is 69.2. The Bertz CT molecular complexity index is 679. The summed E-state index contributed by atoms with van der Waals surface area (Å²) in [5.74, 6) is -9.36. The monoisotopic (exact) mass is 460 g/mol. The Labute approximate surface area is 166 Å².